The number of hydrazine groups is 1. The Kier molecular flexibility index (Phi) is 4.89. The van der Waals surface area contributed by atoms with Crippen molar-refractivity contribution >= 4 is 45.9 Å². The van der Waals surface area contributed by atoms with Gasteiger partial charge in [0.05, 0.1) is 5.56 Å². The second-order valence-electron chi connectivity index (χ2n) is 5.59. The molecule has 0 saturated carbocycles. The lowest BCUT2D eigenvalue weighted by atomic mass is 10.3. The number of carbonyl (C=O) groups is 1. The molecular formula is C18H13ClN8O. The molecule has 0 aliphatic heterocycles. The minimum Gasteiger partial charge on any atom is -0.338 e. The molecule has 1 amide bonds. The van der Waals surface area contributed by atoms with Gasteiger partial charge in [-0.25, -0.2) is 19.9 Å². The first kappa shape index (κ1) is 17.6. The summed E-state index contributed by atoms with van der Waals surface area (Å²) in [7, 11) is 0. The Hall–Kier alpha value is -3.85. The van der Waals surface area contributed by atoms with Crippen LogP contribution in [-0.2, 0) is 0 Å². The molecule has 0 atom stereocenters. The van der Waals surface area contributed by atoms with E-state index >= 15 is 0 Å². The van der Waals surface area contributed by atoms with Crippen molar-refractivity contribution in [1.29, 1.82) is 0 Å². The predicted molar refractivity (Wildman–Crippen MR) is 105 cm³/mol. The van der Waals surface area contributed by atoms with Crippen LogP contribution < -0.4 is 16.2 Å². The molecule has 3 heterocycles. The van der Waals surface area contributed by atoms with Crippen molar-refractivity contribution in [2.24, 2.45) is 0 Å². The molecule has 0 radical (unpaired) electrons. The highest BCUT2D eigenvalue weighted by molar-refractivity contribution is 6.30. The molecule has 0 saturated heterocycles. The minimum absolute atomic E-state index is 0.337. The van der Waals surface area contributed by atoms with Gasteiger partial charge in [-0.1, -0.05) is 11.6 Å². The average molecular weight is 393 g/mol. The standard InChI is InChI=1S/C18H13ClN8O/c19-12-3-5-13(6-4-12)25-16-14-15(22-9-23-16)17(24-10-21-14)26-27-18(28)11-2-1-7-20-8-11/h1-10H,(H,27,28)(H,21,24,26)(H,22,23,25). The average Bonchev–Trinajstić information content (AvgIpc) is 2.74. The van der Waals surface area contributed by atoms with Gasteiger partial charge in [-0.15, -0.1) is 0 Å². The number of aromatic nitrogens is 5. The lowest BCUT2D eigenvalue weighted by molar-refractivity contribution is 0.0962. The van der Waals surface area contributed by atoms with E-state index in [4.69, 9.17) is 11.6 Å². The number of pyridine rings is 1. The van der Waals surface area contributed by atoms with Gasteiger partial charge in [0.1, 0.15) is 23.7 Å². The van der Waals surface area contributed by atoms with Crippen molar-refractivity contribution in [2.75, 3.05) is 10.7 Å². The third kappa shape index (κ3) is 3.79. The molecule has 4 rings (SSSR count). The van der Waals surface area contributed by atoms with Gasteiger partial charge in [0.2, 0.25) is 0 Å². The van der Waals surface area contributed by atoms with Gasteiger partial charge in [-0.3, -0.25) is 20.6 Å². The van der Waals surface area contributed by atoms with Crippen molar-refractivity contribution in [3.63, 3.8) is 0 Å². The molecule has 4 aromatic rings. The molecule has 0 fully saturated rings. The Balaban J connectivity index is 1.58. The fraction of sp³-hybridized carbons (Fsp3) is 0. The summed E-state index contributed by atoms with van der Waals surface area (Å²) in [5.74, 6) is 0.480. The van der Waals surface area contributed by atoms with E-state index in [0.717, 1.165) is 5.69 Å². The number of nitrogens with zero attached hydrogens (tertiary/aromatic N) is 5. The number of amides is 1. The normalized spacial score (nSPS) is 10.5. The molecule has 138 valence electrons. The second kappa shape index (κ2) is 7.80. The van der Waals surface area contributed by atoms with E-state index in [9.17, 15) is 4.79 Å². The SMILES string of the molecule is O=C(NNc1ncnc2c(Nc3ccc(Cl)cc3)ncnc12)c1cccnc1. The van der Waals surface area contributed by atoms with Crippen LogP contribution in [0.4, 0.5) is 17.3 Å². The van der Waals surface area contributed by atoms with Crippen LogP contribution in [0.3, 0.4) is 0 Å². The Labute approximate surface area is 164 Å². The third-order valence-corrected chi connectivity index (χ3v) is 4.00. The topological polar surface area (TPSA) is 118 Å². The van der Waals surface area contributed by atoms with E-state index in [1.54, 1.807) is 30.5 Å². The zero-order chi connectivity index (χ0) is 19.3. The van der Waals surface area contributed by atoms with Gasteiger partial charge in [0.25, 0.3) is 5.91 Å². The molecule has 0 aliphatic rings. The molecule has 0 spiro atoms. The highest BCUT2D eigenvalue weighted by Gasteiger charge is 2.12. The zero-order valence-electron chi connectivity index (χ0n) is 14.3. The summed E-state index contributed by atoms with van der Waals surface area (Å²) in [5.41, 5.74) is 7.48. The van der Waals surface area contributed by atoms with Gasteiger partial charge in [-0.2, -0.15) is 0 Å². The summed E-state index contributed by atoms with van der Waals surface area (Å²) in [6.45, 7) is 0. The molecule has 3 N–H and O–H groups in total. The highest BCUT2D eigenvalue weighted by Crippen LogP contribution is 2.24. The smallest absolute Gasteiger partial charge is 0.271 e. The molecule has 0 bridgehead atoms. The minimum atomic E-state index is -0.353. The number of benzene rings is 1. The second-order valence-corrected chi connectivity index (χ2v) is 6.03. The first-order valence-electron chi connectivity index (χ1n) is 8.15. The number of carbonyl (C=O) groups excluding carboxylic acids is 1. The summed E-state index contributed by atoms with van der Waals surface area (Å²) in [4.78, 5) is 33.0. The van der Waals surface area contributed by atoms with Crippen molar-refractivity contribution in [2.45, 2.75) is 0 Å². The third-order valence-electron chi connectivity index (χ3n) is 3.75. The van der Waals surface area contributed by atoms with Crippen LogP contribution in [0.25, 0.3) is 11.0 Å². The van der Waals surface area contributed by atoms with E-state index in [1.807, 2.05) is 12.1 Å². The van der Waals surface area contributed by atoms with Gasteiger partial charge < -0.3 is 5.32 Å². The maximum atomic E-state index is 12.2. The van der Waals surface area contributed by atoms with Crippen LogP contribution in [0.5, 0.6) is 0 Å². The molecule has 9 nitrogen and oxygen atoms in total. The summed E-state index contributed by atoms with van der Waals surface area (Å²) in [6, 6.07) is 10.5. The number of hydrogen-bond donors (Lipinski definition) is 3. The number of hydrogen-bond acceptors (Lipinski definition) is 8. The molecule has 0 aliphatic carbocycles. The first-order valence-corrected chi connectivity index (χ1v) is 8.53. The van der Waals surface area contributed by atoms with Crippen LogP contribution in [0, 0.1) is 0 Å². The molecule has 28 heavy (non-hydrogen) atoms. The van der Waals surface area contributed by atoms with Gasteiger partial charge >= 0.3 is 0 Å². The summed E-state index contributed by atoms with van der Waals surface area (Å²) in [5, 5.41) is 3.80. The Morgan fingerprint density at radius 1 is 0.893 bits per heavy atom. The Morgan fingerprint density at radius 2 is 1.61 bits per heavy atom. The zero-order valence-corrected chi connectivity index (χ0v) is 15.1. The molecule has 1 aromatic carbocycles. The van der Waals surface area contributed by atoms with Gasteiger partial charge in [-0.05, 0) is 36.4 Å². The quantitative estimate of drug-likeness (QED) is 0.444. The number of fused-ring (bicyclic) bond motifs is 1. The van der Waals surface area contributed by atoms with Crippen molar-refractivity contribution in [3.8, 4) is 0 Å². The highest BCUT2D eigenvalue weighted by atomic mass is 35.5. The monoisotopic (exact) mass is 392 g/mol. The maximum Gasteiger partial charge on any atom is 0.271 e. The Morgan fingerprint density at radius 3 is 2.32 bits per heavy atom. The van der Waals surface area contributed by atoms with Crippen LogP contribution in [-0.4, -0.2) is 30.8 Å². The van der Waals surface area contributed by atoms with Crippen LogP contribution >= 0.6 is 11.6 Å². The Bertz CT molecular complexity index is 1120. The summed E-state index contributed by atoms with van der Waals surface area (Å²) in [6.07, 6.45) is 5.80. The van der Waals surface area contributed by atoms with E-state index in [0.29, 0.717) is 33.3 Å². The summed E-state index contributed by atoms with van der Waals surface area (Å²) < 4.78 is 0. The molecule has 0 unspecified atom stereocenters. The first-order chi connectivity index (χ1) is 13.7. The van der Waals surface area contributed by atoms with Crippen LogP contribution in [0.2, 0.25) is 5.02 Å². The van der Waals surface area contributed by atoms with Crippen molar-refractivity contribution in [1.82, 2.24) is 30.3 Å². The molecule has 3 aromatic heterocycles. The number of rotatable bonds is 5. The van der Waals surface area contributed by atoms with Crippen molar-refractivity contribution < 1.29 is 4.79 Å². The lowest BCUT2D eigenvalue weighted by Crippen LogP contribution is -2.30. The maximum absolute atomic E-state index is 12.2. The van der Waals surface area contributed by atoms with E-state index < -0.39 is 0 Å². The molecular weight excluding hydrogens is 380 g/mol. The van der Waals surface area contributed by atoms with Crippen LogP contribution in [0.1, 0.15) is 10.4 Å². The summed E-state index contributed by atoms with van der Waals surface area (Å²) >= 11 is 5.91. The fourth-order valence-corrected chi connectivity index (χ4v) is 2.54. The van der Waals surface area contributed by atoms with Crippen LogP contribution in [0.15, 0.2) is 61.4 Å². The van der Waals surface area contributed by atoms with Gasteiger partial charge in [0, 0.05) is 23.1 Å². The van der Waals surface area contributed by atoms with E-state index in [-0.39, 0.29) is 5.91 Å². The predicted octanol–water partition coefficient (Wildman–Crippen LogP) is 2.97. The number of nitrogens with one attached hydrogen (secondary N) is 3. The van der Waals surface area contributed by atoms with Crippen molar-refractivity contribution in [3.05, 3.63) is 72.0 Å². The fourth-order valence-electron chi connectivity index (χ4n) is 2.42. The van der Waals surface area contributed by atoms with E-state index in [1.165, 1.54) is 18.9 Å². The van der Waals surface area contributed by atoms with E-state index in [2.05, 4.69) is 41.1 Å². The number of halogens is 1. The van der Waals surface area contributed by atoms with Gasteiger partial charge in [0.15, 0.2) is 11.6 Å². The largest absolute Gasteiger partial charge is 0.338 e. The molecule has 10 heteroatoms. The number of anilines is 3. The lowest BCUT2D eigenvalue weighted by Gasteiger charge is -2.11.